The Morgan fingerprint density at radius 3 is 2.65 bits per heavy atom. The van der Waals surface area contributed by atoms with Gasteiger partial charge in [-0.2, -0.15) is 0 Å². The van der Waals surface area contributed by atoms with Crippen LogP contribution in [-0.4, -0.2) is 61.1 Å². The SMILES string of the molecule is COc1ccccc1C1CNCCN1CC(=O)N(C1CCCC1)C1CC1. The minimum absolute atomic E-state index is 0.188. The van der Waals surface area contributed by atoms with Crippen molar-refractivity contribution in [2.24, 2.45) is 0 Å². The summed E-state index contributed by atoms with van der Waals surface area (Å²) in [5.74, 6) is 1.25. The van der Waals surface area contributed by atoms with E-state index < -0.39 is 0 Å². The van der Waals surface area contributed by atoms with Crippen LogP contribution in [0.2, 0.25) is 0 Å². The van der Waals surface area contributed by atoms with Gasteiger partial charge in [0, 0.05) is 37.3 Å². The van der Waals surface area contributed by atoms with Crippen molar-refractivity contribution in [3.05, 3.63) is 29.8 Å². The van der Waals surface area contributed by atoms with Crippen molar-refractivity contribution < 1.29 is 9.53 Å². The summed E-state index contributed by atoms with van der Waals surface area (Å²) in [6.45, 7) is 3.22. The molecule has 1 N–H and O–H groups in total. The Balaban J connectivity index is 1.50. The highest BCUT2D eigenvalue weighted by atomic mass is 16.5. The van der Waals surface area contributed by atoms with Crippen LogP contribution in [0.1, 0.15) is 50.1 Å². The predicted molar refractivity (Wildman–Crippen MR) is 102 cm³/mol. The van der Waals surface area contributed by atoms with Crippen LogP contribution < -0.4 is 10.1 Å². The molecule has 1 amide bonds. The summed E-state index contributed by atoms with van der Waals surface area (Å²) in [7, 11) is 1.72. The van der Waals surface area contributed by atoms with Crippen molar-refractivity contribution in [1.29, 1.82) is 0 Å². The highest BCUT2D eigenvalue weighted by Gasteiger charge is 2.39. The third kappa shape index (κ3) is 3.74. The lowest BCUT2D eigenvalue weighted by atomic mass is 10.0. The average Bonchev–Trinajstić information content (AvgIpc) is 3.35. The van der Waals surface area contributed by atoms with Gasteiger partial charge in [0.2, 0.25) is 5.91 Å². The minimum atomic E-state index is 0.188. The number of rotatable bonds is 6. The average molecular weight is 357 g/mol. The second-order valence-electron chi connectivity index (χ2n) is 7.90. The first-order valence-electron chi connectivity index (χ1n) is 10.2. The van der Waals surface area contributed by atoms with Gasteiger partial charge in [-0.05, 0) is 31.7 Å². The molecule has 26 heavy (non-hydrogen) atoms. The van der Waals surface area contributed by atoms with E-state index in [1.807, 2.05) is 12.1 Å². The van der Waals surface area contributed by atoms with E-state index in [1.165, 1.54) is 44.1 Å². The van der Waals surface area contributed by atoms with E-state index in [2.05, 4.69) is 27.2 Å². The lowest BCUT2D eigenvalue weighted by Gasteiger charge is -2.38. The highest BCUT2D eigenvalue weighted by Crippen LogP contribution is 2.35. The summed E-state index contributed by atoms with van der Waals surface area (Å²) in [6, 6.07) is 9.39. The van der Waals surface area contributed by atoms with E-state index >= 15 is 0 Å². The number of carbonyl (C=O) groups is 1. The first kappa shape index (κ1) is 17.8. The van der Waals surface area contributed by atoms with E-state index in [0.29, 0.717) is 24.5 Å². The Morgan fingerprint density at radius 1 is 1.19 bits per heavy atom. The second kappa shape index (κ2) is 7.97. The molecule has 2 aliphatic carbocycles. The van der Waals surface area contributed by atoms with E-state index in [4.69, 9.17) is 4.74 Å². The van der Waals surface area contributed by atoms with E-state index in [-0.39, 0.29) is 6.04 Å². The Morgan fingerprint density at radius 2 is 1.92 bits per heavy atom. The molecule has 0 bridgehead atoms. The normalized spacial score (nSPS) is 24.6. The Hall–Kier alpha value is -1.59. The van der Waals surface area contributed by atoms with E-state index in [1.54, 1.807) is 7.11 Å². The smallest absolute Gasteiger partial charge is 0.237 e. The standard InChI is InChI=1S/C21H31N3O2/c1-26-20-9-5-4-8-18(20)19-14-22-12-13-23(19)15-21(25)24(17-10-11-17)16-6-2-3-7-16/h4-5,8-9,16-17,19,22H,2-3,6-7,10-15H2,1H3. The van der Waals surface area contributed by atoms with Gasteiger partial charge in [0.05, 0.1) is 19.7 Å². The van der Waals surface area contributed by atoms with Crippen LogP contribution in [0.25, 0.3) is 0 Å². The van der Waals surface area contributed by atoms with Crippen molar-refractivity contribution in [3.63, 3.8) is 0 Å². The van der Waals surface area contributed by atoms with Gasteiger partial charge in [-0.25, -0.2) is 0 Å². The Labute approximate surface area is 156 Å². The van der Waals surface area contributed by atoms with Crippen molar-refractivity contribution in [2.45, 2.75) is 56.7 Å². The lowest BCUT2D eigenvalue weighted by molar-refractivity contribution is -0.136. The first-order chi connectivity index (χ1) is 12.8. The molecule has 1 heterocycles. The molecule has 2 saturated carbocycles. The summed E-state index contributed by atoms with van der Waals surface area (Å²) in [5, 5.41) is 3.49. The van der Waals surface area contributed by atoms with Gasteiger partial charge in [0.1, 0.15) is 5.75 Å². The fourth-order valence-electron chi connectivity index (χ4n) is 4.68. The van der Waals surface area contributed by atoms with Gasteiger partial charge in [0.25, 0.3) is 0 Å². The molecule has 1 aromatic carbocycles. The van der Waals surface area contributed by atoms with Crippen LogP contribution in [0.4, 0.5) is 0 Å². The molecule has 142 valence electrons. The van der Waals surface area contributed by atoms with Gasteiger partial charge in [-0.1, -0.05) is 31.0 Å². The molecule has 0 aromatic heterocycles. The zero-order valence-corrected chi connectivity index (χ0v) is 15.8. The first-order valence-corrected chi connectivity index (χ1v) is 10.2. The second-order valence-corrected chi connectivity index (χ2v) is 7.90. The van der Waals surface area contributed by atoms with E-state index in [9.17, 15) is 4.79 Å². The summed E-state index contributed by atoms with van der Waals surface area (Å²) in [6.07, 6.45) is 7.33. The number of nitrogens with zero attached hydrogens (tertiary/aromatic N) is 2. The van der Waals surface area contributed by atoms with Crippen molar-refractivity contribution in [2.75, 3.05) is 33.3 Å². The third-order valence-corrected chi connectivity index (χ3v) is 6.14. The van der Waals surface area contributed by atoms with Crippen molar-refractivity contribution in [1.82, 2.24) is 15.1 Å². The number of hydrogen-bond acceptors (Lipinski definition) is 4. The number of benzene rings is 1. The predicted octanol–water partition coefficient (Wildman–Crippen LogP) is 2.58. The number of amides is 1. The summed E-state index contributed by atoms with van der Waals surface area (Å²) in [4.78, 5) is 17.9. The molecule has 3 aliphatic rings. The van der Waals surface area contributed by atoms with Gasteiger partial charge < -0.3 is 15.0 Å². The van der Waals surface area contributed by atoms with Gasteiger partial charge in [-0.3, -0.25) is 9.69 Å². The van der Waals surface area contributed by atoms with Crippen LogP contribution in [0, 0.1) is 0 Å². The monoisotopic (exact) mass is 357 g/mol. The molecule has 5 nitrogen and oxygen atoms in total. The number of methoxy groups -OCH3 is 1. The number of carbonyl (C=O) groups excluding carboxylic acids is 1. The Kier molecular flexibility index (Phi) is 5.46. The quantitative estimate of drug-likeness (QED) is 0.850. The number of nitrogens with one attached hydrogen (secondary N) is 1. The molecule has 1 atom stereocenters. The van der Waals surface area contributed by atoms with Crippen molar-refractivity contribution in [3.8, 4) is 5.75 Å². The number of para-hydroxylation sites is 1. The zero-order chi connectivity index (χ0) is 17.9. The van der Waals surface area contributed by atoms with Gasteiger partial charge >= 0.3 is 0 Å². The van der Waals surface area contributed by atoms with Crippen molar-refractivity contribution >= 4 is 5.91 Å². The summed E-state index contributed by atoms with van der Waals surface area (Å²) >= 11 is 0. The molecule has 5 heteroatoms. The third-order valence-electron chi connectivity index (χ3n) is 6.14. The lowest BCUT2D eigenvalue weighted by Crippen LogP contribution is -2.52. The van der Waals surface area contributed by atoms with Crippen LogP contribution in [0.5, 0.6) is 5.75 Å². The maximum atomic E-state index is 13.2. The number of ether oxygens (including phenoxy) is 1. The molecule has 1 saturated heterocycles. The van der Waals surface area contributed by atoms with Crippen LogP contribution in [0.3, 0.4) is 0 Å². The summed E-state index contributed by atoms with van der Waals surface area (Å²) in [5.41, 5.74) is 1.17. The molecular formula is C21H31N3O2. The highest BCUT2D eigenvalue weighted by molar-refractivity contribution is 5.79. The van der Waals surface area contributed by atoms with E-state index in [0.717, 1.165) is 25.4 Å². The fourth-order valence-corrected chi connectivity index (χ4v) is 4.68. The number of hydrogen-bond donors (Lipinski definition) is 1. The van der Waals surface area contributed by atoms with Crippen LogP contribution in [0.15, 0.2) is 24.3 Å². The van der Waals surface area contributed by atoms with Gasteiger partial charge in [-0.15, -0.1) is 0 Å². The summed E-state index contributed by atoms with van der Waals surface area (Å²) < 4.78 is 5.58. The topological polar surface area (TPSA) is 44.8 Å². The molecule has 4 rings (SSSR count). The van der Waals surface area contributed by atoms with Crippen LogP contribution in [-0.2, 0) is 4.79 Å². The molecule has 0 radical (unpaired) electrons. The zero-order valence-electron chi connectivity index (χ0n) is 15.8. The molecule has 1 unspecified atom stereocenters. The van der Waals surface area contributed by atoms with Crippen LogP contribution >= 0.6 is 0 Å². The molecule has 1 aliphatic heterocycles. The minimum Gasteiger partial charge on any atom is -0.496 e. The molecular weight excluding hydrogens is 326 g/mol. The molecule has 1 aromatic rings. The maximum Gasteiger partial charge on any atom is 0.237 e. The number of piperazine rings is 1. The fraction of sp³-hybridized carbons (Fsp3) is 0.667. The molecule has 3 fully saturated rings. The Bertz CT molecular complexity index is 625. The molecule has 0 spiro atoms. The largest absolute Gasteiger partial charge is 0.496 e. The van der Waals surface area contributed by atoms with Gasteiger partial charge in [0.15, 0.2) is 0 Å². The maximum absolute atomic E-state index is 13.2.